The lowest BCUT2D eigenvalue weighted by atomic mass is 10.1. The number of carboxylic acids is 1. The van der Waals surface area contributed by atoms with E-state index in [0.29, 0.717) is 17.3 Å². The van der Waals surface area contributed by atoms with Crippen molar-refractivity contribution in [1.29, 1.82) is 0 Å². The minimum atomic E-state index is -0.972. The standard InChI is InChI=1S/C12H11ClN2O3/c13-10-9-5-7(12(16)17)1-3-15(9)11(14-10)8-2-4-18-6-8/h1,3,5,8H,2,4,6H2,(H,16,17). The molecule has 0 spiro atoms. The maximum Gasteiger partial charge on any atom is 0.335 e. The van der Waals surface area contributed by atoms with Crippen molar-refractivity contribution in [3.8, 4) is 0 Å². The average Bonchev–Trinajstić information content (AvgIpc) is 2.97. The van der Waals surface area contributed by atoms with Crippen LogP contribution in [-0.4, -0.2) is 33.7 Å². The Morgan fingerprint density at radius 3 is 3.11 bits per heavy atom. The Kier molecular flexibility index (Phi) is 2.72. The van der Waals surface area contributed by atoms with Gasteiger partial charge in [0.1, 0.15) is 5.82 Å². The van der Waals surface area contributed by atoms with Crippen LogP contribution in [0.25, 0.3) is 5.52 Å². The van der Waals surface area contributed by atoms with Crippen LogP contribution in [0.1, 0.15) is 28.5 Å². The molecule has 1 N–H and O–H groups in total. The molecule has 94 valence electrons. The van der Waals surface area contributed by atoms with E-state index in [9.17, 15) is 4.79 Å². The summed E-state index contributed by atoms with van der Waals surface area (Å²) in [5, 5.41) is 9.29. The molecule has 1 atom stereocenters. The SMILES string of the molecule is O=C(O)c1ccn2c(C3CCOC3)nc(Cl)c2c1. The number of aromatic carboxylic acids is 1. The van der Waals surface area contributed by atoms with Crippen molar-refractivity contribution < 1.29 is 14.6 Å². The largest absolute Gasteiger partial charge is 0.478 e. The number of halogens is 1. The monoisotopic (exact) mass is 266 g/mol. The fourth-order valence-corrected chi connectivity index (χ4v) is 2.46. The molecule has 1 fully saturated rings. The highest BCUT2D eigenvalue weighted by atomic mass is 35.5. The molecule has 0 aliphatic carbocycles. The second-order valence-corrected chi connectivity index (χ2v) is 4.66. The van der Waals surface area contributed by atoms with Crippen LogP contribution in [0.5, 0.6) is 0 Å². The van der Waals surface area contributed by atoms with E-state index in [2.05, 4.69) is 4.98 Å². The van der Waals surface area contributed by atoms with Crippen molar-refractivity contribution in [1.82, 2.24) is 9.38 Å². The molecule has 18 heavy (non-hydrogen) atoms. The van der Waals surface area contributed by atoms with E-state index >= 15 is 0 Å². The molecule has 5 nitrogen and oxygen atoms in total. The van der Waals surface area contributed by atoms with Crippen LogP contribution < -0.4 is 0 Å². The second-order valence-electron chi connectivity index (χ2n) is 4.30. The third-order valence-electron chi connectivity index (χ3n) is 3.17. The average molecular weight is 267 g/mol. The number of carboxylic acid groups (broad SMARTS) is 1. The lowest BCUT2D eigenvalue weighted by molar-refractivity contribution is 0.0697. The maximum atomic E-state index is 10.9. The zero-order valence-corrected chi connectivity index (χ0v) is 10.2. The Balaban J connectivity index is 2.14. The number of fused-ring (bicyclic) bond motifs is 1. The van der Waals surface area contributed by atoms with Gasteiger partial charge in [-0.2, -0.15) is 0 Å². The van der Waals surface area contributed by atoms with Gasteiger partial charge in [0.25, 0.3) is 0 Å². The van der Waals surface area contributed by atoms with Crippen LogP contribution in [-0.2, 0) is 4.74 Å². The molecule has 0 aromatic carbocycles. The number of imidazole rings is 1. The predicted octanol–water partition coefficient (Wildman–Crippen LogP) is 2.19. The fraction of sp³-hybridized carbons (Fsp3) is 0.333. The summed E-state index contributed by atoms with van der Waals surface area (Å²) >= 11 is 6.07. The summed E-state index contributed by atoms with van der Waals surface area (Å²) in [7, 11) is 0. The van der Waals surface area contributed by atoms with E-state index in [4.69, 9.17) is 21.4 Å². The molecule has 0 radical (unpaired) electrons. The minimum Gasteiger partial charge on any atom is -0.478 e. The summed E-state index contributed by atoms with van der Waals surface area (Å²) in [5.41, 5.74) is 0.831. The van der Waals surface area contributed by atoms with Crippen LogP contribution in [0.2, 0.25) is 5.15 Å². The normalized spacial score (nSPS) is 19.5. The van der Waals surface area contributed by atoms with Crippen molar-refractivity contribution >= 4 is 23.1 Å². The Labute approximate surface area is 108 Å². The van der Waals surface area contributed by atoms with Gasteiger partial charge in [0.05, 0.1) is 17.7 Å². The highest BCUT2D eigenvalue weighted by Crippen LogP contribution is 2.29. The van der Waals surface area contributed by atoms with Gasteiger partial charge in [-0.3, -0.25) is 0 Å². The van der Waals surface area contributed by atoms with Crippen molar-refractivity contribution in [3.05, 3.63) is 34.9 Å². The summed E-state index contributed by atoms with van der Waals surface area (Å²) in [6.45, 7) is 1.36. The first-order valence-corrected chi connectivity index (χ1v) is 6.03. The van der Waals surface area contributed by atoms with Gasteiger partial charge in [-0.1, -0.05) is 11.6 Å². The number of ether oxygens (including phenoxy) is 1. The Bertz CT molecular complexity index is 617. The molecular formula is C12H11ClN2O3. The van der Waals surface area contributed by atoms with Gasteiger partial charge in [0.2, 0.25) is 0 Å². The number of nitrogens with zero attached hydrogens (tertiary/aromatic N) is 2. The molecule has 3 heterocycles. The first-order chi connectivity index (χ1) is 8.66. The summed E-state index contributed by atoms with van der Waals surface area (Å²) in [6.07, 6.45) is 2.61. The molecule has 0 bridgehead atoms. The molecule has 2 aromatic rings. The van der Waals surface area contributed by atoms with E-state index in [-0.39, 0.29) is 11.5 Å². The summed E-state index contributed by atoms with van der Waals surface area (Å²) in [5.74, 6) is 0.0885. The second kappa shape index (κ2) is 4.26. The topological polar surface area (TPSA) is 63.8 Å². The predicted molar refractivity (Wildman–Crippen MR) is 65.3 cm³/mol. The molecule has 1 aliphatic heterocycles. The van der Waals surface area contributed by atoms with Crippen molar-refractivity contribution in [3.63, 3.8) is 0 Å². The number of rotatable bonds is 2. The zero-order valence-electron chi connectivity index (χ0n) is 9.47. The quantitative estimate of drug-likeness (QED) is 0.905. The van der Waals surface area contributed by atoms with Crippen LogP contribution >= 0.6 is 11.6 Å². The maximum absolute atomic E-state index is 10.9. The molecule has 0 amide bonds. The molecule has 1 aliphatic rings. The van der Waals surface area contributed by atoms with Gasteiger partial charge in [0.15, 0.2) is 5.15 Å². The Hall–Kier alpha value is -1.59. The first kappa shape index (κ1) is 11.5. The highest BCUT2D eigenvalue weighted by Gasteiger charge is 2.24. The van der Waals surface area contributed by atoms with Gasteiger partial charge in [0, 0.05) is 18.7 Å². The van der Waals surface area contributed by atoms with Gasteiger partial charge in [-0.25, -0.2) is 9.78 Å². The minimum absolute atomic E-state index is 0.207. The molecule has 3 rings (SSSR count). The number of hydrogen-bond donors (Lipinski definition) is 1. The van der Waals surface area contributed by atoms with Gasteiger partial charge in [-0.05, 0) is 18.6 Å². The smallest absolute Gasteiger partial charge is 0.335 e. The van der Waals surface area contributed by atoms with E-state index in [1.165, 1.54) is 6.07 Å². The third kappa shape index (κ3) is 1.76. The number of aromatic nitrogens is 2. The van der Waals surface area contributed by atoms with Crippen LogP contribution in [0.4, 0.5) is 0 Å². The highest BCUT2D eigenvalue weighted by molar-refractivity contribution is 6.32. The van der Waals surface area contributed by atoms with E-state index in [0.717, 1.165) is 18.9 Å². The summed E-state index contributed by atoms with van der Waals surface area (Å²) in [4.78, 5) is 15.3. The van der Waals surface area contributed by atoms with Crippen LogP contribution in [0, 0.1) is 0 Å². The van der Waals surface area contributed by atoms with Crippen molar-refractivity contribution in [2.75, 3.05) is 13.2 Å². The molecule has 0 saturated carbocycles. The Morgan fingerprint density at radius 1 is 1.61 bits per heavy atom. The Morgan fingerprint density at radius 2 is 2.44 bits per heavy atom. The number of hydrogen-bond acceptors (Lipinski definition) is 3. The van der Waals surface area contributed by atoms with Gasteiger partial charge in [-0.15, -0.1) is 0 Å². The van der Waals surface area contributed by atoms with Crippen molar-refractivity contribution in [2.45, 2.75) is 12.3 Å². The molecule has 1 saturated heterocycles. The molecule has 6 heteroatoms. The van der Waals surface area contributed by atoms with Gasteiger partial charge >= 0.3 is 5.97 Å². The van der Waals surface area contributed by atoms with E-state index in [1.807, 2.05) is 4.40 Å². The van der Waals surface area contributed by atoms with E-state index < -0.39 is 5.97 Å². The van der Waals surface area contributed by atoms with Crippen LogP contribution in [0.3, 0.4) is 0 Å². The van der Waals surface area contributed by atoms with Crippen molar-refractivity contribution in [2.24, 2.45) is 0 Å². The van der Waals surface area contributed by atoms with Crippen LogP contribution in [0.15, 0.2) is 18.3 Å². The lowest BCUT2D eigenvalue weighted by Crippen LogP contribution is -2.04. The fourth-order valence-electron chi connectivity index (χ4n) is 2.23. The lowest BCUT2D eigenvalue weighted by Gasteiger charge is -2.06. The zero-order chi connectivity index (χ0) is 12.7. The van der Waals surface area contributed by atoms with Gasteiger partial charge < -0.3 is 14.2 Å². The number of pyridine rings is 1. The summed E-state index contributed by atoms with van der Waals surface area (Å²) < 4.78 is 7.18. The third-order valence-corrected chi connectivity index (χ3v) is 3.45. The van der Waals surface area contributed by atoms with E-state index in [1.54, 1.807) is 12.3 Å². The summed E-state index contributed by atoms with van der Waals surface area (Å²) in [6, 6.07) is 3.09. The first-order valence-electron chi connectivity index (χ1n) is 5.65. The molecule has 1 unspecified atom stereocenters. The molecule has 2 aromatic heterocycles. The number of carbonyl (C=O) groups is 1. The molecular weight excluding hydrogens is 256 g/mol.